The summed E-state index contributed by atoms with van der Waals surface area (Å²) in [4.78, 5) is 13.1. The Labute approximate surface area is 154 Å². The number of thioether (sulfide) groups is 1. The summed E-state index contributed by atoms with van der Waals surface area (Å²) in [5.41, 5.74) is 0.932. The van der Waals surface area contributed by atoms with Crippen LogP contribution >= 0.6 is 23.4 Å². The second-order valence-electron chi connectivity index (χ2n) is 5.30. The number of hydrogen-bond acceptors (Lipinski definition) is 4. The lowest BCUT2D eigenvalue weighted by molar-refractivity contribution is -0.113. The smallest absolute Gasteiger partial charge is 0.235 e. The number of hydrogen-bond donors (Lipinski definition) is 2. The van der Waals surface area contributed by atoms with E-state index < -0.39 is 0 Å². The number of phenolic OH excluding ortho intramolecular Hbond substituents is 1. The molecule has 0 fully saturated rings. The van der Waals surface area contributed by atoms with E-state index in [4.69, 9.17) is 11.6 Å². The zero-order valence-electron chi connectivity index (χ0n) is 13.2. The first kappa shape index (κ1) is 17.4. The van der Waals surface area contributed by atoms with E-state index in [-0.39, 0.29) is 17.4 Å². The molecule has 0 aliphatic rings. The average molecular weight is 374 g/mol. The number of benzene rings is 2. The molecular weight excluding hydrogens is 358 g/mol. The van der Waals surface area contributed by atoms with Crippen LogP contribution in [0.3, 0.4) is 0 Å². The Hall–Kier alpha value is -2.44. The number of anilines is 1. The number of nitrogens with one attached hydrogen (secondary N) is 1. The highest BCUT2D eigenvalue weighted by molar-refractivity contribution is 8.00. The Morgan fingerprint density at radius 1 is 1.16 bits per heavy atom. The molecule has 0 radical (unpaired) electrons. The van der Waals surface area contributed by atoms with Gasteiger partial charge in [-0.1, -0.05) is 29.8 Å². The molecule has 2 N–H and O–H groups in total. The predicted octanol–water partition coefficient (Wildman–Crippen LogP) is 4.02. The normalized spacial score (nSPS) is 10.6. The van der Waals surface area contributed by atoms with Crippen LogP contribution < -0.4 is 5.32 Å². The summed E-state index contributed by atoms with van der Waals surface area (Å²) in [5.74, 6) is 0.967. The van der Waals surface area contributed by atoms with E-state index in [9.17, 15) is 9.90 Å². The molecule has 0 bridgehead atoms. The summed E-state index contributed by atoms with van der Waals surface area (Å²) in [6.45, 7) is 0.480. The van der Waals surface area contributed by atoms with Crippen LogP contribution in [0.4, 0.5) is 5.82 Å². The zero-order chi connectivity index (χ0) is 17.6. The fraction of sp³-hybridized carbons (Fsp3) is 0.111. The van der Waals surface area contributed by atoms with Gasteiger partial charge in [0.25, 0.3) is 0 Å². The van der Waals surface area contributed by atoms with E-state index in [0.717, 1.165) is 10.5 Å². The first-order valence-electron chi connectivity index (χ1n) is 7.59. The fourth-order valence-electron chi connectivity index (χ4n) is 2.22. The molecule has 25 heavy (non-hydrogen) atoms. The molecule has 5 nitrogen and oxygen atoms in total. The van der Waals surface area contributed by atoms with Gasteiger partial charge in [-0.25, -0.2) is 4.68 Å². The minimum atomic E-state index is -0.126. The quantitative estimate of drug-likeness (QED) is 0.640. The maximum absolute atomic E-state index is 12.2. The van der Waals surface area contributed by atoms with Crippen molar-refractivity contribution in [2.24, 2.45) is 0 Å². The van der Waals surface area contributed by atoms with E-state index in [1.54, 1.807) is 41.2 Å². The molecule has 0 saturated carbocycles. The van der Waals surface area contributed by atoms with Crippen LogP contribution in [0.2, 0.25) is 5.02 Å². The highest BCUT2D eigenvalue weighted by Crippen LogP contribution is 2.21. The standard InChI is InChI=1S/C18H16ClN3O2S/c19-16-4-2-1-3-13(16)11-22-17(9-10-20-22)21-18(24)12-25-15-7-5-14(23)6-8-15/h1-10,23H,11-12H2,(H,21,24). The maximum Gasteiger partial charge on any atom is 0.235 e. The van der Waals surface area contributed by atoms with Gasteiger partial charge in [0.1, 0.15) is 11.6 Å². The number of nitrogens with zero attached hydrogens (tertiary/aromatic N) is 2. The van der Waals surface area contributed by atoms with Crippen LogP contribution in [0.1, 0.15) is 5.56 Å². The van der Waals surface area contributed by atoms with Gasteiger partial charge in [-0.3, -0.25) is 4.79 Å². The van der Waals surface area contributed by atoms with Crippen LogP contribution in [0.5, 0.6) is 5.75 Å². The average Bonchev–Trinajstić information content (AvgIpc) is 3.03. The van der Waals surface area contributed by atoms with Gasteiger partial charge < -0.3 is 10.4 Å². The molecule has 2 aromatic carbocycles. The largest absolute Gasteiger partial charge is 0.508 e. The van der Waals surface area contributed by atoms with Crippen molar-refractivity contribution < 1.29 is 9.90 Å². The van der Waals surface area contributed by atoms with Crippen molar-refractivity contribution in [3.8, 4) is 5.75 Å². The molecule has 0 atom stereocenters. The molecule has 3 aromatic rings. The summed E-state index contributed by atoms with van der Waals surface area (Å²) >= 11 is 7.58. The third-order valence-electron chi connectivity index (χ3n) is 3.47. The van der Waals surface area contributed by atoms with Crippen molar-refractivity contribution in [2.45, 2.75) is 11.4 Å². The van der Waals surface area contributed by atoms with Gasteiger partial charge in [0, 0.05) is 16.0 Å². The molecule has 1 heterocycles. The van der Waals surface area contributed by atoms with E-state index in [1.807, 2.05) is 24.3 Å². The van der Waals surface area contributed by atoms with Crippen LogP contribution in [0.25, 0.3) is 0 Å². The van der Waals surface area contributed by atoms with Crippen LogP contribution in [-0.2, 0) is 11.3 Å². The Balaban J connectivity index is 1.60. The Kier molecular flexibility index (Phi) is 5.63. The second-order valence-corrected chi connectivity index (χ2v) is 6.75. The van der Waals surface area contributed by atoms with Gasteiger partial charge in [0.15, 0.2) is 0 Å². The van der Waals surface area contributed by atoms with Gasteiger partial charge in [-0.2, -0.15) is 5.10 Å². The number of carbonyl (C=O) groups excluding carboxylic acids is 1. The van der Waals surface area contributed by atoms with Gasteiger partial charge >= 0.3 is 0 Å². The minimum Gasteiger partial charge on any atom is -0.508 e. The SMILES string of the molecule is O=C(CSc1ccc(O)cc1)Nc1ccnn1Cc1ccccc1Cl. The molecule has 0 spiro atoms. The highest BCUT2D eigenvalue weighted by atomic mass is 35.5. The van der Waals surface area contributed by atoms with Crippen molar-refractivity contribution in [1.29, 1.82) is 0 Å². The number of halogens is 1. The predicted molar refractivity (Wildman–Crippen MR) is 100 cm³/mol. The lowest BCUT2D eigenvalue weighted by Crippen LogP contribution is -2.17. The Bertz CT molecular complexity index is 865. The topological polar surface area (TPSA) is 67.2 Å². The van der Waals surface area contributed by atoms with Gasteiger partial charge in [0.2, 0.25) is 5.91 Å². The first-order chi connectivity index (χ1) is 12.1. The third kappa shape index (κ3) is 4.78. The van der Waals surface area contributed by atoms with Crippen LogP contribution in [0.15, 0.2) is 65.7 Å². The van der Waals surface area contributed by atoms with Crippen molar-refractivity contribution >= 4 is 35.1 Å². The first-order valence-corrected chi connectivity index (χ1v) is 8.95. The number of phenols is 1. The van der Waals surface area contributed by atoms with Crippen LogP contribution in [0, 0.1) is 0 Å². The molecule has 1 aromatic heterocycles. The molecule has 0 unspecified atom stereocenters. The molecule has 1 amide bonds. The summed E-state index contributed by atoms with van der Waals surface area (Å²) in [7, 11) is 0. The number of aromatic hydroxyl groups is 1. The zero-order valence-corrected chi connectivity index (χ0v) is 14.8. The molecule has 128 valence electrons. The number of rotatable bonds is 6. The molecule has 0 aliphatic heterocycles. The monoisotopic (exact) mass is 373 g/mol. The molecule has 0 saturated heterocycles. The molecule has 0 aliphatic carbocycles. The summed E-state index contributed by atoms with van der Waals surface area (Å²) < 4.78 is 1.70. The second kappa shape index (κ2) is 8.09. The summed E-state index contributed by atoms with van der Waals surface area (Å²) in [6.07, 6.45) is 1.64. The van der Waals surface area contributed by atoms with Crippen LogP contribution in [-0.4, -0.2) is 26.5 Å². The Morgan fingerprint density at radius 2 is 1.92 bits per heavy atom. The van der Waals surface area contributed by atoms with Gasteiger partial charge in [-0.15, -0.1) is 11.8 Å². The molecule has 7 heteroatoms. The van der Waals surface area contributed by atoms with Crippen molar-refractivity contribution in [2.75, 3.05) is 11.1 Å². The summed E-state index contributed by atoms with van der Waals surface area (Å²) in [5, 5.41) is 17.0. The number of amides is 1. The molecule has 3 rings (SSSR count). The van der Waals surface area contributed by atoms with E-state index in [1.165, 1.54) is 11.8 Å². The van der Waals surface area contributed by atoms with Gasteiger partial charge in [0.05, 0.1) is 18.5 Å². The van der Waals surface area contributed by atoms with Crippen molar-refractivity contribution in [3.63, 3.8) is 0 Å². The third-order valence-corrected chi connectivity index (χ3v) is 4.85. The fourth-order valence-corrected chi connectivity index (χ4v) is 3.12. The van der Waals surface area contributed by atoms with Crippen molar-refractivity contribution in [3.05, 3.63) is 71.4 Å². The lowest BCUT2D eigenvalue weighted by Gasteiger charge is -2.10. The van der Waals surface area contributed by atoms with E-state index in [0.29, 0.717) is 17.4 Å². The highest BCUT2D eigenvalue weighted by Gasteiger charge is 2.09. The lowest BCUT2D eigenvalue weighted by atomic mass is 10.2. The Morgan fingerprint density at radius 3 is 2.68 bits per heavy atom. The summed E-state index contributed by atoms with van der Waals surface area (Å²) in [6, 6.07) is 16.0. The minimum absolute atomic E-state index is 0.126. The maximum atomic E-state index is 12.2. The van der Waals surface area contributed by atoms with E-state index in [2.05, 4.69) is 10.4 Å². The molecular formula is C18H16ClN3O2S. The van der Waals surface area contributed by atoms with E-state index >= 15 is 0 Å². The van der Waals surface area contributed by atoms with Gasteiger partial charge in [-0.05, 0) is 35.9 Å². The number of carbonyl (C=O) groups is 1. The van der Waals surface area contributed by atoms with Crippen molar-refractivity contribution in [1.82, 2.24) is 9.78 Å². The number of aromatic nitrogens is 2.